The molecule has 1 aromatic heterocycles. The van der Waals surface area contributed by atoms with Crippen molar-refractivity contribution >= 4 is 0 Å². The van der Waals surface area contributed by atoms with E-state index < -0.39 is 0 Å². The molecule has 0 unspecified atom stereocenters. The Labute approximate surface area is 53.4 Å². The zero-order chi connectivity index (χ0) is 6.69. The first-order valence-corrected chi connectivity index (χ1v) is 2.70. The van der Waals surface area contributed by atoms with Gasteiger partial charge in [0.25, 0.3) is 0 Å². The van der Waals surface area contributed by atoms with Crippen LogP contribution in [-0.4, -0.2) is 11.7 Å². The first-order chi connectivity index (χ1) is 4.34. The summed E-state index contributed by atoms with van der Waals surface area (Å²) in [7, 11) is 1.71. The number of nitrogen functional groups attached to an aromatic ring is 1. The molecule has 0 atom stereocenters. The van der Waals surface area contributed by atoms with Gasteiger partial charge in [-0.15, -0.1) is 0 Å². The van der Waals surface area contributed by atoms with Crippen molar-refractivity contribution in [3.8, 4) is 0 Å². The van der Waals surface area contributed by atoms with E-state index in [1.54, 1.807) is 13.2 Å². The van der Waals surface area contributed by atoms with Crippen molar-refractivity contribution < 1.29 is 0 Å². The minimum atomic E-state index is 0.775. The molecule has 2 N–H and O–H groups in total. The highest BCUT2D eigenvalue weighted by atomic mass is 15.3. The van der Waals surface area contributed by atoms with E-state index in [1.807, 2.05) is 18.2 Å². The molecule has 0 bridgehead atoms. The lowest BCUT2D eigenvalue weighted by Gasteiger charge is -1.94. The third-order valence-corrected chi connectivity index (χ3v) is 1.10. The van der Waals surface area contributed by atoms with E-state index in [4.69, 9.17) is 5.84 Å². The molecule has 0 saturated heterocycles. The maximum Gasteiger partial charge on any atom is 0.145 e. The molecule has 0 spiro atoms. The number of aromatic nitrogens is 1. The second-order valence-electron chi connectivity index (χ2n) is 1.69. The maximum absolute atomic E-state index is 5.45. The Balaban J connectivity index is 3.33. The van der Waals surface area contributed by atoms with Crippen molar-refractivity contribution in [3.05, 3.63) is 29.9 Å². The van der Waals surface area contributed by atoms with Crippen LogP contribution in [0.3, 0.4) is 0 Å². The van der Waals surface area contributed by atoms with Crippen molar-refractivity contribution in [2.24, 2.45) is 4.99 Å². The zero-order valence-electron chi connectivity index (χ0n) is 5.28. The summed E-state index contributed by atoms with van der Waals surface area (Å²) in [6.07, 6.45) is 1.75. The van der Waals surface area contributed by atoms with Crippen LogP contribution in [0.15, 0.2) is 29.4 Å². The number of pyridine rings is 1. The first kappa shape index (κ1) is 5.88. The molecule has 0 radical (unpaired) electrons. The maximum atomic E-state index is 5.45. The van der Waals surface area contributed by atoms with Crippen LogP contribution in [0, 0.1) is 0 Å². The molecule has 0 aromatic carbocycles. The number of hydrogen-bond donors (Lipinski definition) is 1. The molecule has 1 rings (SSSR count). The highest BCUT2D eigenvalue weighted by molar-refractivity contribution is 4.91. The van der Waals surface area contributed by atoms with Crippen LogP contribution in [0.4, 0.5) is 0 Å². The fourth-order valence-electron chi connectivity index (χ4n) is 0.636. The summed E-state index contributed by atoms with van der Waals surface area (Å²) in [5, 5.41) is 0. The molecule has 0 aliphatic heterocycles. The smallest absolute Gasteiger partial charge is 0.145 e. The Kier molecular flexibility index (Phi) is 1.53. The van der Waals surface area contributed by atoms with Crippen molar-refractivity contribution in [1.29, 1.82) is 0 Å². The van der Waals surface area contributed by atoms with Gasteiger partial charge in [-0.2, -0.15) is 0 Å². The molecule has 48 valence electrons. The van der Waals surface area contributed by atoms with E-state index in [9.17, 15) is 0 Å². The lowest BCUT2D eigenvalue weighted by Crippen LogP contribution is -2.26. The summed E-state index contributed by atoms with van der Waals surface area (Å²) < 4.78 is 1.47. The molecule has 0 amide bonds. The van der Waals surface area contributed by atoms with Gasteiger partial charge in [-0.3, -0.25) is 9.67 Å². The average molecular weight is 123 g/mol. The van der Waals surface area contributed by atoms with Crippen molar-refractivity contribution in [1.82, 2.24) is 4.68 Å². The molecule has 3 heteroatoms. The van der Waals surface area contributed by atoms with Crippen molar-refractivity contribution in [2.75, 3.05) is 12.9 Å². The van der Waals surface area contributed by atoms with Crippen LogP contribution in [0.2, 0.25) is 0 Å². The summed E-state index contributed by atoms with van der Waals surface area (Å²) in [4.78, 5) is 3.91. The Morgan fingerprint density at radius 1 is 1.56 bits per heavy atom. The van der Waals surface area contributed by atoms with Gasteiger partial charge in [0.15, 0.2) is 0 Å². The van der Waals surface area contributed by atoms with Gasteiger partial charge in [0.05, 0.1) is 0 Å². The monoisotopic (exact) mass is 123 g/mol. The molecule has 1 aromatic rings. The van der Waals surface area contributed by atoms with Gasteiger partial charge in [0.1, 0.15) is 5.49 Å². The normalized spacial score (nSPS) is 11.9. The largest absolute Gasteiger partial charge is 0.338 e. The topological polar surface area (TPSA) is 43.3 Å². The average Bonchev–Trinajstić information content (AvgIpc) is 1.89. The van der Waals surface area contributed by atoms with Crippen LogP contribution < -0.4 is 11.3 Å². The highest BCUT2D eigenvalue weighted by Crippen LogP contribution is 1.72. The van der Waals surface area contributed by atoms with E-state index in [1.165, 1.54) is 4.68 Å². The standard InChI is InChI=1S/C6H9N3/c1-8-6-4-2-3-5-9(6)7/h2-5H,7H2,1H3/b8-6-. The van der Waals surface area contributed by atoms with E-state index in [0.29, 0.717) is 0 Å². The van der Waals surface area contributed by atoms with Crippen LogP contribution in [-0.2, 0) is 0 Å². The van der Waals surface area contributed by atoms with Crippen LogP contribution in [0.25, 0.3) is 0 Å². The number of rotatable bonds is 0. The van der Waals surface area contributed by atoms with Gasteiger partial charge in [0, 0.05) is 13.2 Å². The van der Waals surface area contributed by atoms with Gasteiger partial charge in [-0.05, 0) is 12.1 Å². The summed E-state index contributed by atoms with van der Waals surface area (Å²) in [6, 6.07) is 5.60. The van der Waals surface area contributed by atoms with Crippen molar-refractivity contribution in [3.63, 3.8) is 0 Å². The molecule has 0 aliphatic rings. The summed E-state index contributed by atoms with van der Waals surface area (Å²) >= 11 is 0. The molecular formula is C6H9N3. The minimum Gasteiger partial charge on any atom is -0.338 e. The zero-order valence-corrected chi connectivity index (χ0v) is 5.28. The van der Waals surface area contributed by atoms with Gasteiger partial charge < -0.3 is 5.84 Å². The van der Waals surface area contributed by atoms with E-state index in [2.05, 4.69) is 4.99 Å². The quantitative estimate of drug-likeness (QED) is 0.474. The Bertz CT molecular complexity index is 248. The van der Waals surface area contributed by atoms with E-state index >= 15 is 0 Å². The lowest BCUT2D eigenvalue weighted by molar-refractivity contribution is 0.893. The van der Waals surface area contributed by atoms with Gasteiger partial charge in [0.2, 0.25) is 0 Å². The summed E-state index contributed by atoms with van der Waals surface area (Å²) in [5.41, 5.74) is 0.775. The molecular weight excluding hydrogens is 114 g/mol. The molecule has 0 aliphatic carbocycles. The van der Waals surface area contributed by atoms with E-state index in [-0.39, 0.29) is 0 Å². The third-order valence-electron chi connectivity index (χ3n) is 1.10. The molecule has 9 heavy (non-hydrogen) atoms. The SMILES string of the molecule is C/N=c1/ccccn1N. The highest BCUT2D eigenvalue weighted by Gasteiger charge is 1.78. The predicted octanol–water partition coefficient (Wildman–Crippen LogP) is -0.268. The fourth-order valence-corrected chi connectivity index (χ4v) is 0.636. The van der Waals surface area contributed by atoms with Gasteiger partial charge in [-0.25, -0.2) is 0 Å². The van der Waals surface area contributed by atoms with E-state index in [0.717, 1.165) is 5.49 Å². The Morgan fingerprint density at radius 2 is 2.33 bits per heavy atom. The Morgan fingerprint density at radius 3 is 2.78 bits per heavy atom. The van der Waals surface area contributed by atoms with Crippen LogP contribution in [0.5, 0.6) is 0 Å². The number of hydrogen-bond acceptors (Lipinski definition) is 2. The number of nitrogens with two attached hydrogens (primary N) is 1. The summed E-state index contributed by atoms with van der Waals surface area (Å²) in [6.45, 7) is 0. The second-order valence-corrected chi connectivity index (χ2v) is 1.69. The third kappa shape index (κ3) is 1.10. The predicted molar refractivity (Wildman–Crippen MR) is 36.1 cm³/mol. The van der Waals surface area contributed by atoms with Crippen molar-refractivity contribution in [2.45, 2.75) is 0 Å². The number of nitrogens with zero attached hydrogens (tertiary/aromatic N) is 2. The molecule has 1 heterocycles. The Hall–Kier alpha value is -1.25. The summed E-state index contributed by atoms with van der Waals surface area (Å²) in [5.74, 6) is 5.45. The van der Waals surface area contributed by atoms with Gasteiger partial charge >= 0.3 is 0 Å². The first-order valence-electron chi connectivity index (χ1n) is 2.70. The molecule has 0 saturated carbocycles. The fraction of sp³-hybridized carbons (Fsp3) is 0.167. The van der Waals surface area contributed by atoms with Crippen LogP contribution >= 0.6 is 0 Å². The minimum absolute atomic E-state index is 0.775. The second kappa shape index (κ2) is 2.35. The van der Waals surface area contributed by atoms with Crippen LogP contribution in [0.1, 0.15) is 0 Å². The lowest BCUT2D eigenvalue weighted by atomic mass is 10.5. The molecule has 3 nitrogen and oxygen atoms in total. The molecule has 0 fully saturated rings. The van der Waals surface area contributed by atoms with Gasteiger partial charge in [-0.1, -0.05) is 6.07 Å².